The smallest absolute Gasteiger partial charge is 0.277 e. The number of carbonyl (C=O) groups is 1. The first-order chi connectivity index (χ1) is 14.2. The summed E-state index contributed by atoms with van der Waals surface area (Å²) in [5.74, 6) is 0.895. The number of hydrogen-bond acceptors (Lipinski definition) is 5. The molecule has 0 spiro atoms. The number of rotatable bonds is 8. The average molecular weight is 390 g/mol. The van der Waals surface area contributed by atoms with Crippen molar-refractivity contribution in [3.8, 4) is 0 Å². The molecular weight excluding hydrogens is 368 g/mol. The number of aryl methyl sites for hydroxylation is 2. The highest BCUT2D eigenvalue weighted by Gasteiger charge is 2.07. The number of nitrogens with zero attached hydrogens (tertiary/aromatic N) is 4. The third-order valence-electron chi connectivity index (χ3n) is 4.75. The van der Waals surface area contributed by atoms with Gasteiger partial charge in [0.25, 0.3) is 5.56 Å². The number of hydrogen-bond donors (Lipinski definition) is 2. The molecule has 0 unspecified atom stereocenters. The van der Waals surface area contributed by atoms with Gasteiger partial charge in [-0.05, 0) is 37.1 Å². The third kappa shape index (κ3) is 4.48. The van der Waals surface area contributed by atoms with E-state index >= 15 is 0 Å². The van der Waals surface area contributed by atoms with E-state index < -0.39 is 0 Å². The normalized spacial score (nSPS) is 11.2. The molecule has 1 amide bonds. The number of aromatic nitrogens is 5. The van der Waals surface area contributed by atoms with E-state index in [4.69, 9.17) is 0 Å². The van der Waals surface area contributed by atoms with Crippen LogP contribution in [0.25, 0.3) is 21.9 Å². The lowest BCUT2D eigenvalue weighted by Crippen LogP contribution is -2.27. The van der Waals surface area contributed by atoms with Crippen LogP contribution >= 0.6 is 0 Å². The monoisotopic (exact) mass is 390 g/mol. The Kier molecular flexibility index (Phi) is 5.60. The maximum atomic E-state index is 12.4. The predicted octanol–water partition coefficient (Wildman–Crippen LogP) is 2.20. The van der Waals surface area contributed by atoms with Crippen LogP contribution in [-0.4, -0.2) is 37.4 Å². The molecule has 0 radical (unpaired) electrons. The van der Waals surface area contributed by atoms with Crippen molar-refractivity contribution in [3.05, 3.63) is 64.7 Å². The highest BCUT2D eigenvalue weighted by atomic mass is 16.1. The standard InChI is InChI=1S/C21H22N6O2/c28-20(22-13-5-11-19-23-17-9-3-4-10-18(17)24-19)12-6-14-27-21(29)15-7-1-2-8-16(15)25-26-27/h1-4,7-10H,5-6,11-14H2,(H,22,28)(H,23,24). The predicted molar refractivity (Wildman–Crippen MR) is 110 cm³/mol. The van der Waals surface area contributed by atoms with Crippen molar-refractivity contribution in [3.63, 3.8) is 0 Å². The van der Waals surface area contributed by atoms with Crippen LogP contribution in [0, 0.1) is 0 Å². The summed E-state index contributed by atoms with van der Waals surface area (Å²) in [6, 6.07) is 15.0. The highest BCUT2D eigenvalue weighted by molar-refractivity contribution is 5.77. The van der Waals surface area contributed by atoms with E-state index in [-0.39, 0.29) is 11.5 Å². The van der Waals surface area contributed by atoms with Gasteiger partial charge in [0, 0.05) is 25.9 Å². The summed E-state index contributed by atoms with van der Waals surface area (Å²) in [5, 5.41) is 11.4. The topological polar surface area (TPSA) is 106 Å². The zero-order chi connectivity index (χ0) is 20.1. The molecule has 148 valence electrons. The van der Waals surface area contributed by atoms with E-state index in [9.17, 15) is 9.59 Å². The lowest BCUT2D eigenvalue weighted by Gasteiger charge is -2.06. The zero-order valence-electron chi connectivity index (χ0n) is 16.0. The minimum absolute atomic E-state index is 0.0311. The molecular formula is C21H22N6O2. The fraction of sp³-hybridized carbons (Fsp3) is 0.286. The Morgan fingerprint density at radius 1 is 1.03 bits per heavy atom. The van der Waals surface area contributed by atoms with Gasteiger partial charge in [-0.2, -0.15) is 0 Å². The molecule has 29 heavy (non-hydrogen) atoms. The molecule has 8 nitrogen and oxygen atoms in total. The molecule has 8 heteroatoms. The third-order valence-corrected chi connectivity index (χ3v) is 4.75. The molecule has 2 aromatic carbocycles. The Balaban J connectivity index is 1.19. The van der Waals surface area contributed by atoms with Crippen molar-refractivity contribution in [2.45, 2.75) is 32.2 Å². The van der Waals surface area contributed by atoms with Crippen molar-refractivity contribution >= 4 is 27.8 Å². The van der Waals surface area contributed by atoms with Crippen LogP contribution in [0.5, 0.6) is 0 Å². The second kappa shape index (κ2) is 8.64. The first-order valence-electron chi connectivity index (χ1n) is 9.73. The molecule has 0 aliphatic carbocycles. The summed E-state index contributed by atoms with van der Waals surface area (Å²) in [7, 11) is 0. The van der Waals surface area contributed by atoms with Gasteiger partial charge in [0.2, 0.25) is 5.91 Å². The van der Waals surface area contributed by atoms with Crippen molar-refractivity contribution in [2.24, 2.45) is 0 Å². The molecule has 4 rings (SSSR count). The summed E-state index contributed by atoms with van der Waals surface area (Å²) < 4.78 is 1.32. The van der Waals surface area contributed by atoms with Gasteiger partial charge in [0.1, 0.15) is 11.3 Å². The van der Waals surface area contributed by atoms with Crippen molar-refractivity contribution in [1.82, 2.24) is 30.3 Å². The van der Waals surface area contributed by atoms with E-state index in [2.05, 4.69) is 25.6 Å². The van der Waals surface area contributed by atoms with Gasteiger partial charge in [0.15, 0.2) is 0 Å². The van der Waals surface area contributed by atoms with Crippen LogP contribution in [0.2, 0.25) is 0 Å². The summed E-state index contributed by atoms with van der Waals surface area (Å²) in [6.07, 6.45) is 2.45. The molecule has 4 aromatic rings. The molecule has 0 aliphatic rings. The number of amides is 1. The number of para-hydroxylation sites is 2. The second-order valence-electron chi connectivity index (χ2n) is 6.89. The largest absolute Gasteiger partial charge is 0.356 e. The molecule has 2 N–H and O–H groups in total. The Labute approximate surface area is 167 Å². The van der Waals surface area contributed by atoms with Crippen LogP contribution in [0.4, 0.5) is 0 Å². The maximum absolute atomic E-state index is 12.4. The molecule has 0 fully saturated rings. The Morgan fingerprint density at radius 2 is 1.83 bits per heavy atom. The highest BCUT2D eigenvalue weighted by Crippen LogP contribution is 2.11. The molecule has 0 aliphatic heterocycles. The van der Waals surface area contributed by atoms with E-state index in [1.807, 2.05) is 30.3 Å². The lowest BCUT2D eigenvalue weighted by molar-refractivity contribution is -0.121. The van der Waals surface area contributed by atoms with E-state index in [0.29, 0.717) is 36.8 Å². The summed E-state index contributed by atoms with van der Waals surface area (Å²) in [6.45, 7) is 0.953. The first kappa shape index (κ1) is 18.8. The van der Waals surface area contributed by atoms with Gasteiger partial charge < -0.3 is 10.3 Å². The fourth-order valence-electron chi connectivity index (χ4n) is 3.26. The molecule has 0 saturated heterocycles. The molecule has 0 atom stereocenters. The molecule has 0 saturated carbocycles. The van der Waals surface area contributed by atoms with Crippen molar-refractivity contribution in [1.29, 1.82) is 0 Å². The summed E-state index contributed by atoms with van der Waals surface area (Å²) in [4.78, 5) is 32.2. The minimum atomic E-state index is -0.179. The number of fused-ring (bicyclic) bond motifs is 2. The van der Waals surface area contributed by atoms with E-state index in [1.54, 1.807) is 18.2 Å². The van der Waals surface area contributed by atoms with Gasteiger partial charge in [-0.15, -0.1) is 5.10 Å². The summed E-state index contributed by atoms with van der Waals surface area (Å²) in [5.41, 5.74) is 2.38. The van der Waals surface area contributed by atoms with Gasteiger partial charge in [-0.1, -0.05) is 29.5 Å². The molecule has 0 bridgehead atoms. The van der Waals surface area contributed by atoms with Crippen LogP contribution < -0.4 is 10.9 Å². The maximum Gasteiger partial charge on any atom is 0.277 e. The number of H-pyrrole nitrogens is 1. The van der Waals surface area contributed by atoms with E-state index in [1.165, 1.54) is 4.68 Å². The number of carbonyl (C=O) groups excluding carboxylic acids is 1. The van der Waals surface area contributed by atoms with Crippen LogP contribution in [-0.2, 0) is 17.8 Å². The van der Waals surface area contributed by atoms with Crippen LogP contribution in [0.3, 0.4) is 0 Å². The van der Waals surface area contributed by atoms with Crippen LogP contribution in [0.1, 0.15) is 25.1 Å². The van der Waals surface area contributed by atoms with Gasteiger partial charge in [-0.3, -0.25) is 9.59 Å². The summed E-state index contributed by atoms with van der Waals surface area (Å²) >= 11 is 0. The van der Waals surface area contributed by atoms with Gasteiger partial charge in [0.05, 0.1) is 16.4 Å². The van der Waals surface area contributed by atoms with Gasteiger partial charge in [-0.25, -0.2) is 9.67 Å². The van der Waals surface area contributed by atoms with Crippen molar-refractivity contribution < 1.29 is 4.79 Å². The van der Waals surface area contributed by atoms with E-state index in [0.717, 1.165) is 29.7 Å². The number of nitrogens with one attached hydrogen (secondary N) is 2. The second-order valence-corrected chi connectivity index (χ2v) is 6.89. The quantitative estimate of drug-likeness (QED) is 0.449. The average Bonchev–Trinajstić information content (AvgIpc) is 3.16. The molecule has 2 aromatic heterocycles. The number of benzene rings is 2. The zero-order valence-corrected chi connectivity index (χ0v) is 16.0. The van der Waals surface area contributed by atoms with Crippen molar-refractivity contribution in [2.75, 3.05) is 6.54 Å². The van der Waals surface area contributed by atoms with Crippen LogP contribution in [0.15, 0.2) is 53.3 Å². The minimum Gasteiger partial charge on any atom is -0.356 e. The molecule has 2 heterocycles. The number of imidazole rings is 1. The fourth-order valence-corrected chi connectivity index (χ4v) is 3.26. The Hall–Kier alpha value is -3.55. The Bertz CT molecular complexity index is 1160. The Morgan fingerprint density at radius 3 is 2.69 bits per heavy atom. The lowest BCUT2D eigenvalue weighted by atomic mass is 10.2. The first-order valence-corrected chi connectivity index (χ1v) is 9.73. The number of aromatic amines is 1. The SMILES string of the molecule is O=C(CCCn1nnc2ccccc2c1=O)NCCCc1nc2ccccc2[nH]1. The van der Waals surface area contributed by atoms with Gasteiger partial charge >= 0.3 is 0 Å².